The smallest absolute Gasteiger partial charge is 0.244 e. The minimum absolute atomic E-state index is 0.00209. The zero-order valence-electron chi connectivity index (χ0n) is 12.5. The van der Waals surface area contributed by atoms with Gasteiger partial charge < -0.3 is 5.32 Å². The Kier molecular flexibility index (Phi) is 5.46. The number of rotatable bonds is 5. The van der Waals surface area contributed by atoms with E-state index in [1.54, 1.807) is 0 Å². The molecule has 0 aliphatic carbocycles. The number of sulfonamides is 1. The van der Waals surface area contributed by atoms with E-state index < -0.39 is 21.9 Å². The van der Waals surface area contributed by atoms with E-state index in [0.29, 0.717) is 5.75 Å². The molecule has 1 saturated heterocycles. The van der Waals surface area contributed by atoms with Crippen LogP contribution in [0.5, 0.6) is 0 Å². The van der Waals surface area contributed by atoms with Crippen molar-refractivity contribution in [2.45, 2.75) is 37.2 Å². The summed E-state index contributed by atoms with van der Waals surface area (Å²) in [6.45, 7) is 3.82. The second kappa shape index (κ2) is 6.97. The molecule has 1 N–H and O–H groups in total. The molecule has 1 heterocycles. The van der Waals surface area contributed by atoms with Gasteiger partial charge >= 0.3 is 0 Å². The molecule has 22 heavy (non-hydrogen) atoms. The fourth-order valence-electron chi connectivity index (χ4n) is 2.05. The normalized spacial score (nSPS) is 20.8. The van der Waals surface area contributed by atoms with E-state index >= 15 is 0 Å². The van der Waals surface area contributed by atoms with Gasteiger partial charge in [0.2, 0.25) is 15.9 Å². The molecule has 0 unspecified atom stereocenters. The average Bonchev–Trinajstić information content (AvgIpc) is 2.97. The highest BCUT2D eigenvalue weighted by Gasteiger charge is 2.40. The molecule has 2 rings (SSSR count). The van der Waals surface area contributed by atoms with Gasteiger partial charge in [0.15, 0.2) is 0 Å². The van der Waals surface area contributed by atoms with Gasteiger partial charge in [-0.05, 0) is 37.6 Å². The molecule has 1 aliphatic rings. The summed E-state index contributed by atoms with van der Waals surface area (Å²) < 4.78 is 39.4. The van der Waals surface area contributed by atoms with Crippen LogP contribution in [0.3, 0.4) is 0 Å². The number of nitrogens with one attached hydrogen (secondary N) is 1. The zero-order chi connectivity index (χ0) is 16.3. The molecule has 1 aliphatic heterocycles. The molecule has 0 saturated carbocycles. The molecule has 0 aromatic heterocycles. The number of carbonyl (C=O) groups excluding carboxylic acids is 1. The Morgan fingerprint density at radius 2 is 2.09 bits per heavy atom. The van der Waals surface area contributed by atoms with Crippen molar-refractivity contribution >= 4 is 27.7 Å². The zero-order valence-corrected chi connectivity index (χ0v) is 14.1. The Hall–Kier alpha value is -1.12. The van der Waals surface area contributed by atoms with Crippen LogP contribution in [-0.4, -0.2) is 42.3 Å². The summed E-state index contributed by atoms with van der Waals surface area (Å²) in [7, 11) is -3.81. The van der Waals surface area contributed by atoms with Crippen molar-refractivity contribution in [3.8, 4) is 0 Å². The Morgan fingerprint density at radius 3 is 2.68 bits per heavy atom. The standard InChI is InChI=1S/C14H19FN2O3S2/c1-3-10(2)16-14(18)13-8-21-9-17(13)22(19,20)12-6-4-11(15)5-7-12/h4-7,10,13H,3,8-9H2,1-2H3,(H,16,18)/t10-,13-/m1/s1. The summed E-state index contributed by atoms with van der Waals surface area (Å²) in [5.41, 5.74) is 0. The monoisotopic (exact) mass is 346 g/mol. The van der Waals surface area contributed by atoms with Crippen LogP contribution in [0.25, 0.3) is 0 Å². The maximum Gasteiger partial charge on any atom is 0.244 e. The lowest BCUT2D eigenvalue weighted by molar-refractivity contribution is -0.124. The molecule has 1 aromatic carbocycles. The van der Waals surface area contributed by atoms with E-state index in [1.165, 1.54) is 28.2 Å². The Balaban J connectivity index is 2.22. The second-order valence-electron chi connectivity index (χ2n) is 5.18. The van der Waals surface area contributed by atoms with Crippen LogP contribution in [0.1, 0.15) is 20.3 Å². The number of hydrogen-bond donors (Lipinski definition) is 1. The maximum absolute atomic E-state index is 13.0. The maximum atomic E-state index is 13.0. The number of nitrogens with zero attached hydrogens (tertiary/aromatic N) is 1. The van der Waals surface area contributed by atoms with Gasteiger partial charge in [-0.3, -0.25) is 4.79 Å². The summed E-state index contributed by atoms with van der Waals surface area (Å²) in [5.74, 6) is -0.146. The van der Waals surface area contributed by atoms with Crippen molar-refractivity contribution in [1.82, 2.24) is 9.62 Å². The van der Waals surface area contributed by atoms with Crippen LogP contribution < -0.4 is 5.32 Å². The third kappa shape index (κ3) is 3.61. The first-order chi connectivity index (χ1) is 10.4. The first-order valence-electron chi connectivity index (χ1n) is 7.01. The van der Waals surface area contributed by atoms with Gasteiger partial charge in [-0.25, -0.2) is 12.8 Å². The Labute approximate surface area is 134 Å². The number of hydrogen-bond acceptors (Lipinski definition) is 4. The Bertz CT molecular complexity index is 634. The third-order valence-electron chi connectivity index (χ3n) is 3.57. The quantitative estimate of drug-likeness (QED) is 0.883. The first-order valence-corrected chi connectivity index (χ1v) is 9.61. The predicted octanol–water partition coefficient (Wildman–Crippen LogP) is 1.80. The summed E-state index contributed by atoms with van der Waals surface area (Å²) >= 11 is 1.39. The van der Waals surface area contributed by atoms with E-state index in [4.69, 9.17) is 0 Å². The molecule has 8 heteroatoms. The van der Waals surface area contributed by atoms with Crippen LogP contribution in [0, 0.1) is 5.82 Å². The lowest BCUT2D eigenvalue weighted by Gasteiger charge is -2.24. The molecule has 0 bridgehead atoms. The lowest BCUT2D eigenvalue weighted by Crippen LogP contribution is -2.49. The summed E-state index contributed by atoms with van der Waals surface area (Å²) in [4.78, 5) is 12.3. The fraction of sp³-hybridized carbons (Fsp3) is 0.500. The molecule has 1 aromatic rings. The molecule has 0 radical (unpaired) electrons. The van der Waals surface area contributed by atoms with E-state index in [0.717, 1.165) is 18.6 Å². The van der Waals surface area contributed by atoms with Crippen molar-refractivity contribution < 1.29 is 17.6 Å². The summed E-state index contributed by atoms with van der Waals surface area (Å²) in [5, 5.41) is 2.82. The van der Waals surface area contributed by atoms with Gasteiger partial charge in [0.05, 0.1) is 10.8 Å². The van der Waals surface area contributed by atoms with Crippen LogP contribution in [0.2, 0.25) is 0 Å². The molecule has 122 valence electrons. The molecule has 2 atom stereocenters. The van der Waals surface area contributed by atoms with Crippen molar-refractivity contribution in [3.05, 3.63) is 30.1 Å². The van der Waals surface area contributed by atoms with Gasteiger partial charge in [0.1, 0.15) is 11.9 Å². The first kappa shape index (κ1) is 17.2. The van der Waals surface area contributed by atoms with Gasteiger partial charge in [-0.2, -0.15) is 4.31 Å². The topological polar surface area (TPSA) is 66.5 Å². The largest absolute Gasteiger partial charge is 0.352 e. The van der Waals surface area contributed by atoms with Crippen LogP contribution in [-0.2, 0) is 14.8 Å². The van der Waals surface area contributed by atoms with Gasteiger partial charge in [0.25, 0.3) is 0 Å². The number of amides is 1. The average molecular weight is 346 g/mol. The number of thioether (sulfide) groups is 1. The fourth-order valence-corrected chi connectivity index (χ4v) is 5.20. The van der Waals surface area contributed by atoms with E-state index in [1.807, 2.05) is 13.8 Å². The summed E-state index contributed by atoms with van der Waals surface area (Å²) in [6.07, 6.45) is 0.774. The highest BCUT2D eigenvalue weighted by molar-refractivity contribution is 8.00. The molecule has 5 nitrogen and oxygen atoms in total. The minimum atomic E-state index is -3.81. The Morgan fingerprint density at radius 1 is 1.45 bits per heavy atom. The lowest BCUT2D eigenvalue weighted by atomic mass is 10.2. The van der Waals surface area contributed by atoms with Crippen molar-refractivity contribution in [2.75, 3.05) is 11.6 Å². The van der Waals surface area contributed by atoms with Crippen LogP contribution >= 0.6 is 11.8 Å². The summed E-state index contributed by atoms with van der Waals surface area (Å²) in [6, 6.07) is 3.91. The number of carbonyl (C=O) groups is 1. The van der Waals surface area contributed by atoms with Crippen molar-refractivity contribution in [2.24, 2.45) is 0 Å². The predicted molar refractivity (Wildman–Crippen MR) is 84.4 cm³/mol. The van der Waals surface area contributed by atoms with E-state index in [-0.39, 0.29) is 22.7 Å². The molecular weight excluding hydrogens is 327 g/mol. The van der Waals surface area contributed by atoms with Crippen LogP contribution in [0.15, 0.2) is 29.2 Å². The number of benzene rings is 1. The molecular formula is C14H19FN2O3S2. The van der Waals surface area contributed by atoms with Gasteiger partial charge in [-0.1, -0.05) is 6.92 Å². The highest BCUT2D eigenvalue weighted by Crippen LogP contribution is 2.28. The van der Waals surface area contributed by atoms with Crippen molar-refractivity contribution in [3.63, 3.8) is 0 Å². The molecule has 1 fully saturated rings. The van der Waals surface area contributed by atoms with E-state index in [9.17, 15) is 17.6 Å². The third-order valence-corrected chi connectivity index (χ3v) is 6.61. The van der Waals surface area contributed by atoms with Gasteiger partial charge in [-0.15, -0.1) is 11.8 Å². The molecule has 1 amide bonds. The second-order valence-corrected chi connectivity index (χ2v) is 8.07. The van der Waals surface area contributed by atoms with Gasteiger partial charge in [0, 0.05) is 11.8 Å². The molecule has 0 spiro atoms. The highest BCUT2D eigenvalue weighted by atomic mass is 32.2. The SMILES string of the molecule is CC[C@@H](C)NC(=O)[C@H]1CSCN1S(=O)(=O)c1ccc(F)cc1. The minimum Gasteiger partial charge on any atom is -0.352 e. The number of halogens is 1. The van der Waals surface area contributed by atoms with E-state index in [2.05, 4.69) is 5.32 Å². The van der Waals surface area contributed by atoms with Crippen molar-refractivity contribution in [1.29, 1.82) is 0 Å². The van der Waals surface area contributed by atoms with Crippen LogP contribution in [0.4, 0.5) is 4.39 Å².